The van der Waals surface area contributed by atoms with E-state index in [1.807, 2.05) is 13.0 Å². The van der Waals surface area contributed by atoms with Crippen LogP contribution in [0.2, 0.25) is 10.0 Å². The molecule has 128 valence electrons. The number of carbonyl (C=O) groups excluding carboxylic acids is 1. The van der Waals surface area contributed by atoms with Crippen molar-refractivity contribution in [1.29, 1.82) is 0 Å². The number of aromatic hydroxyl groups is 1. The lowest BCUT2D eigenvalue weighted by molar-refractivity contribution is 0.102. The number of benzene rings is 2. The SMILES string of the molecule is Cc1ccc(C(=O)Nc2nnc(-c3cc(Cl)cc(Cl)c3O)s2)cc1Br. The summed E-state index contributed by atoms with van der Waals surface area (Å²) in [5.74, 6) is -0.445. The molecule has 0 unspecified atom stereocenters. The van der Waals surface area contributed by atoms with Crippen LogP contribution >= 0.6 is 50.5 Å². The van der Waals surface area contributed by atoms with Gasteiger partial charge in [-0.05, 0) is 36.8 Å². The van der Waals surface area contributed by atoms with Gasteiger partial charge in [0.2, 0.25) is 5.13 Å². The Hall–Kier alpha value is -1.67. The van der Waals surface area contributed by atoms with Crippen LogP contribution in [0, 0.1) is 6.92 Å². The Balaban J connectivity index is 1.85. The van der Waals surface area contributed by atoms with Crippen LogP contribution < -0.4 is 5.32 Å². The molecule has 1 amide bonds. The maximum Gasteiger partial charge on any atom is 0.257 e. The van der Waals surface area contributed by atoms with Crippen molar-refractivity contribution in [1.82, 2.24) is 10.2 Å². The van der Waals surface area contributed by atoms with Crippen LogP contribution in [0.4, 0.5) is 5.13 Å². The summed E-state index contributed by atoms with van der Waals surface area (Å²) in [6.45, 7) is 1.94. The number of rotatable bonds is 3. The highest BCUT2D eigenvalue weighted by molar-refractivity contribution is 9.10. The van der Waals surface area contributed by atoms with E-state index in [-0.39, 0.29) is 16.7 Å². The summed E-state index contributed by atoms with van der Waals surface area (Å²) in [5.41, 5.74) is 1.87. The Labute approximate surface area is 165 Å². The monoisotopic (exact) mass is 457 g/mol. The van der Waals surface area contributed by atoms with Crippen LogP contribution in [0.5, 0.6) is 5.75 Å². The molecule has 5 nitrogen and oxygen atoms in total. The third-order valence-electron chi connectivity index (χ3n) is 3.34. The number of carbonyl (C=O) groups is 1. The lowest BCUT2D eigenvalue weighted by Crippen LogP contribution is -2.11. The van der Waals surface area contributed by atoms with Crippen LogP contribution in [0.25, 0.3) is 10.6 Å². The van der Waals surface area contributed by atoms with Crippen LogP contribution in [-0.2, 0) is 0 Å². The molecule has 0 saturated carbocycles. The zero-order valence-corrected chi connectivity index (χ0v) is 16.6. The van der Waals surface area contributed by atoms with E-state index in [1.54, 1.807) is 12.1 Å². The van der Waals surface area contributed by atoms with Crippen molar-refractivity contribution in [2.45, 2.75) is 6.92 Å². The number of halogens is 3. The standard InChI is InChI=1S/C16H10BrCl2N3O2S/c1-7-2-3-8(4-11(7)17)14(24)20-16-22-21-15(25-16)10-5-9(18)6-12(19)13(10)23/h2-6,23H,1H3,(H,20,22,24). The highest BCUT2D eigenvalue weighted by Gasteiger charge is 2.16. The Morgan fingerprint density at radius 1 is 1.24 bits per heavy atom. The summed E-state index contributed by atoms with van der Waals surface area (Å²) < 4.78 is 0.844. The van der Waals surface area contributed by atoms with E-state index >= 15 is 0 Å². The molecule has 0 bridgehead atoms. The Kier molecular flexibility index (Phi) is 5.29. The average molecular weight is 459 g/mol. The van der Waals surface area contributed by atoms with E-state index in [2.05, 4.69) is 31.4 Å². The third kappa shape index (κ3) is 3.95. The number of anilines is 1. The van der Waals surface area contributed by atoms with Gasteiger partial charge >= 0.3 is 0 Å². The first-order chi connectivity index (χ1) is 11.8. The molecule has 0 radical (unpaired) electrons. The Bertz CT molecular complexity index is 978. The zero-order chi connectivity index (χ0) is 18.1. The minimum atomic E-state index is -0.309. The molecular weight excluding hydrogens is 449 g/mol. The normalized spacial score (nSPS) is 10.7. The molecule has 0 atom stereocenters. The highest BCUT2D eigenvalue weighted by atomic mass is 79.9. The molecular formula is C16H10BrCl2N3O2S. The zero-order valence-electron chi connectivity index (χ0n) is 12.7. The minimum absolute atomic E-state index is 0.118. The number of hydrogen-bond donors (Lipinski definition) is 2. The Morgan fingerprint density at radius 3 is 2.72 bits per heavy atom. The predicted molar refractivity (Wildman–Crippen MR) is 104 cm³/mol. The third-order valence-corrected chi connectivity index (χ3v) is 5.57. The minimum Gasteiger partial charge on any atom is -0.506 e. The van der Waals surface area contributed by atoms with Crippen molar-refractivity contribution in [2.75, 3.05) is 5.32 Å². The van der Waals surface area contributed by atoms with Gasteiger partial charge in [0.25, 0.3) is 5.91 Å². The lowest BCUT2D eigenvalue weighted by Gasteiger charge is -2.04. The van der Waals surface area contributed by atoms with Gasteiger partial charge in [-0.2, -0.15) is 0 Å². The second kappa shape index (κ2) is 7.29. The van der Waals surface area contributed by atoms with Gasteiger partial charge in [0.05, 0.1) is 10.6 Å². The molecule has 0 aliphatic carbocycles. The smallest absolute Gasteiger partial charge is 0.257 e. The second-order valence-corrected chi connectivity index (χ2v) is 7.79. The van der Waals surface area contributed by atoms with E-state index in [4.69, 9.17) is 23.2 Å². The molecule has 0 spiro atoms. The molecule has 9 heteroatoms. The van der Waals surface area contributed by atoms with E-state index in [1.165, 1.54) is 12.1 Å². The average Bonchev–Trinajstić information content (AvgIpc) is 3.01. The Morgan fingerprint density at radius 2 is 2.00 bits per heavy atom. The van der Waals surface area contributed by atoms with Crippen molar-refractivity contribution in [3.63, 3.8) is 0 Å². The van der Waals surface area contributed by atoms with E-state index in [0.717, 1.165) is 21.4 Å². The fourth-order valence-corrected chi connectivity index (χ4v) is 3.64. The van der Waals surface area contributed by atoms with Crippen LogP contribution in [0.3, 0.4) is 0 Å². The summed E-state index contributed by atoms with van der Waals surface area (Å²) in [7, 11) is 0. The van der Waals surface area contributed by atoms with Crippen LogP contribution in [0.1, 0.15) is 15.9 Å². The number of phenolic OH excluding ortho intramolecular Hbond substituents is 1. The predicted octanol–water partition coefficient (Wildman–Crippen LogP) is 5.54. The molecule has 3 rings (SSSR count). The van der Waals surface area contributed by atoms with E-state index in [9.17, 15) is 9.90 Å². The number of nitrogens with zero attached hydrogens (tertiary/aromatic N) is 2. The van der Waals surface area contributed by atoms with Gasteiger partial charge in [0.1, 0.15) is 5.75 Å². The lowest BCUT2D eigenvalue weighted by atomic mass is 10.1. The van der Waals surface area contributed by atoms with Gasteiger partial charge < -0.3 is 5.11 Å². The summed E-state index contributed by atoms with van der Waals surface area (Å²) in [6.07, 6.45) is 0. The quantitative estimate of drug-likeness (QED) is 0.540. The molecule has 0 saturated heterocycles. The number of phenols is 1. The van der Waals surface area contributed by atoms with Gasteiger partial charge in [-0.3, -0.25) is 10.1 Å². The molecule has 1 aromatic heterocycles. The fourth-order valence-electron chi connectivity index (χ4n) is 2.01. The van der Waals surface area contributed by atoms with Crippen LogP contribution in [0.15, 0.2) is 34.8 Å². The van der Waals surface area contributed by atoms with Gasteiger partial charge in [-0.1, -0.05) is 56.5 Å². The number of aromatic nitrogens is 2. The molecule has 2 N–H and O–H groups in total. The number of amides is 1. The number of aryl methyl sites for hydroxylation is 1. The van der Waals surface area contributed by atoms with Crippen molar-refractivity contribution >= 4 is 61.5 Å². The second-order valence-electron chi connectivity index (χ2n) is 5.11. The topological polar surface area (TPSA) is 75.1 Å². The van der Waals surface area contributed by atoms with Crippen LogP contribution in [-0.4, -0.2) is 21.2 Å². The molecule has 3 aromatic rings. The maximum absolute atomic E-state index is 12.3. The van der Waals surface area contributed by atoms with Gasteiger partial charge in [-0.15, -0.1) is 10.2 Å². The maximum atomic E-state index is 12.3. The molecule has 1 heterocycles. The van der Waals surface area contributed by atoms with E-state index < -0.39 is 0 Å². The van der Waals surface area contributed by atoms with Gasteiger partial charge in [0, 0.05) is 15.1 Å². The van der Waals surface area contributed by atoms with E-state index in [0.29, 0.717) is 26.3 Å². The van der Waals surface area contributed by atoms with Crippen molar-refractivity contribution in [2.24, 2.45) is 0 Å². The largest absolute Gasteiger partial charge is 0.506 e. The summed E-state index contributed by atoms with van der Waals surface area (Å²) in [5, 5.41) is 21.8. The van der Waals surface area contributed by atoms with Crippen molar-refractivity contribution in [3.8, 4) is 16.3 Å². The summed E-state index contributed by atoms with van der Waals surface area (Å²) in [6, 6.07) is 8.26. The number of nitrogens with one attached hydrogen (secondary N) is 1. The van der Waals surface area contributed by atoms with Crippen molar-refractivity contribution < 1.29 is 9.90 Å². The van der Waals surface area contributed by atoms with Gasteiger partial charge in [-0.25, -0.2) is 0 Å². The first-order valence-corrected chi connectivity index (χ1v) is 9.31. The highest BCUT2D eigenvalue weighted by Crippen LogP contribution is 2.39. The number of hydrogen-bond acceptors (Lipinski definition) is 5. The molecule has 0 aliphatic heterocycles. The molecule has 25 heavy (non-hydrogen) atoms. The first-order valence-electron chi connectivity index (χ1n) is 6.94. The fraction of sp³-hybridized carbons (Fsp3) is 0.0625. The molecule has 0 fully saturated rings. The summed E-state index contributed by atoms with van der Waals surface area (Å²) in [4.78, 5) is 12.3. The molecule has 0 aliphatic rings. The van der Waals surface area contributed by atoms with Crippen molar-refractivity contribution in [3.05, 3.63) is 56.0 Å². The summed E-state index contributed by atoms with van der Waals surface area (Å²) >= 11 is 16.4. The first kappa shape index (κ1) is 18.1. The molecule has 2 aromatic carbocycles. The van der Waals surface area contributed by atoms with Gasteiger partial charge in [0.15, 0.2) is 5.01 Å².